The number of rotatable bonds is 10. The van der Waals surface area contributed by atoms with E-state index in [4.69, 9.17) is 4.74 Å². The Bertz CT molecular complexity index is 864. The second-order valence-corrected chi connectivity index (χ2v) is 8.75. The maximum atomic E-state index is 11.6. The number of ether oxygens (including phenoxy) is 1. The minimum absolute atomic E-state index is 0.265. The Morgan fingerprint density at radius 2 is 2.03 bits per heavy atom. The molecule has 1 aromatic carbocycles. The van der Waals surface area contributed by atoms with Gasteiger partial charge in [0.2, 0.25) is 5.91 Å². The highest BCUT2D eigenvalue weighted by Crippen LogP contribution is 2.24. The summed E-state index contributed by atoms with van der Waals surface area (Å²) in [6.45, 7) is 4.91. The number of anilines is 1. The number of carbonyl (C=O) groups excluding carboxylic acids is 1. The van der Waals surface area contributed by atoms with Crippen molar-refractivity contribution in [1.82, 2.24) is 20.2 Å². The van der Waals surface area contributed by atoms with Gasteiger partial charge in [-0.3, -0.25) is 9.78 Å². The minimum atomic E-state index is -0.782. The second kappa shape index (κ2) is 10.7. The zero-order valence-corrected chi connectivity index (χ0v) is 18.6. The topological polar surface area (TPSA) is 90.8 Å². The summed E-state index contributed by atoms with van der Waals surface area (Å²) in [6.07, 6.45) is 9.30. The van der Waals surface area contributed by atoms with Crippen LogP contribution in [0.1, 0.15) is 37.7 Å². The Morgan fingerprint density at radius 1 is 1.16 bits per heavy atom. The summed E-state index contributed by atoms with van der Waals surface area (Å²) in [5, 5.41) is 14.4. The van der Waals surface area contributed by atoms with E-state index in [0.717, 1.165) is 62.4 Å². The number of likely N-dealkylation sites (tertiary alicyclic amines) is 1. The van der Waals surface area contributed by atoms with Crippen molar-refractivity contribution < 1.29 is 14.6 Å². The lowest BCUT2D eigenvalue weighted by atomic mass is 9.92. The molecule has 0 saturated carbocycles. The molecule has 2 aromatic rings. The third-order valence-corrected chi connectivity index (χ3v) is 6.15. The van der Waals surface area contributed by atoms with Gasteiger partial charge in [0.05, 0.1) is 18.4 Å². The molecular formula is C24H33N5O3. The Kier molecular flexibility index (Phi) is 7.55. The molecule has 172 valence electrons. The van der Waals surface area contributed by atoms with Crippen LogP contribution in [0.15, 0.2) is 42.9 Å². The summed E-state index contributed by atoms with van der Waals surface area (Å²) in [7, 11) is 0. The lowest BCUT2D eigenvalue weighted by molar-refractivity contribution is -0.127. The van der Waals surface area contributed by atoms with Crippen molar-refractivity contribution in [2.24, 2.45) is 0 Å². The molecule has 2 aliphatic rings. The molecule has 8 heteroatoms. The van der Waals surface area contributed by atoms with E-state index in [9.17, 15) is 9.90 Å². The molecule has 1 aromatic heterocycles. The number of β-amino-alcohol motifs (C(OH)–C–C–N with tert-alkyl or cyclic N) is 1. The van der Waals surface area contributed by atoms with Crippen LogP contribution in [0, 0.1) is 0 Å². The third-order valence-electron chi connectivity index (χ3n) is 6.15. The molecule has 3 heterocycles. The number of aliphatic hydroxyl groups is 1. The van der Waals surface area contributed by atoms with Gasteiger partial charge in [-0.25, -0.2) is 4.98 Å². The Labute approximate surface area is 189 Å². The largest absolute Gasteiger partial charge is 0.494 e. The van der Waals surface area contributed by atoms with E-state index >= 15 is 0 Å². The number of nitrogens with one attached hydrogen (secondary N) is 1. The van der Waals surface area contributed by atoms with Crippen LogP contribution in [0.2, 0.25) is 0 Å². The number of hydrogen-bond donors (Lipinski definition) is 2. The average Bonchev–Trinajstić information content (AvgIpc) is 3.23. The van der Waals surface area contributed by atoms with Crippen LogP contribution in [-0.4, -0.2) is 70.8 Å². The zero-order valence-electron chi connectivity index (χ0n) is 18.6. The molecule has 0 bridgehead atoms. The molecule has 32 heavy (non-hydrogen) atoms. The molecular weight excluding hydrogens is 406 g/mol. The van der Waals surface area contributed by atoms with Crippen LogP contribution in [-0.2, 0) is 11.3 Å². The first-order chi connectivity index (χ1) is 15.6. The summed E-state index contributed by atoms with van der Waals surface area (Å²) < 4.78 is 5.81. The van der Waals surface area contributed by atoms with Gasteiger partial charge >= 0.3 is 0 Å². The van der Waals surface area contributed by atoms with E-state index < -0.39 is 5.60 Å². The molecule has 2 N–H and O–H groups in total. The maximum Gasteiger partial charge on any atom is 0.222 e. The van der Waals surface area contributed by atoms with Crippen LogP contribution < -0.4 is 15.0 Å². The fraction of sp³-hybridized carbons (Fsp3) is 0.542. The molecule has 0 spiro atoms. The lowest BCUT2D eigenvalue weighted by Crippen LogP contribution is -2.53. The number of hydrogen-bond acceptors (Lipinski definition) is 7. The molecule has 2 saturated heterocycles. The predicted molar refractivity (Wildman–Crippen MR) is 123 cm³/mol. The number of amides is 1. The first kappa shape index (κ1) is 22.5. The van der Waals surface area contributed by atoms with Gasteiger partial charge in [0.25, 0.3) is 0 Å². The summed E-state index contributed by atoms with van der Waals surface area (Å²) in [4.78, 5) is 24.1. The van der Waals surface area contributed by atoms with Crippen molar-refractivity contribution in [1.29, 1.82) is 0 Å². The van der Waals surface area contributed by atoms with Gasteiger partial charge in [-0.1, -0.05) is 12.1 Å². The molecule has 0 unspecified atom stereocenters. The van der Waals surface area contributed by atoms with Gasteiger partial charge in [-0.15, -0.1) is 0 Å². The fourth-order valence-electron chi connectivity index (χ4n) is 4.44. The van der Waals surface area contributed by atoms with Gasteiger partial charge in [-0.2, -0.15) is 0 Å². The maximum absolute atomic E-state index is 11.6. The Hall–Kier alpha value is -2.71. The Balaban J connectivity index is 1.17. The molecule has 1 amide bonds. The van der Waals surface area contributed by atoms with E-state index in [0.29, 0.717) is 32.7 Å². The molecule has 1 atom stereocenters. The first-order valence-corrected chi connectivity index (χ1v) is 11.5. The average molecular weight is 440 g/mol. The zero-order chi connectivity index (χ0) is 22.2. The number of piperidine rings is 1. The highest BCUT2D eigenvalue weighted by molar-refractivity contribution is 5.77. The normalized spacial score (nSPS) is 21.2. The fourth-order valence-corrected chi connectivity index (χ4v) is 4.44. The second-order valence-electron chi connectivity index (χ2n) is 8.75. The third kappa shape index (κ3) is 6.17. The van der Waals surface area contributed by atoms with Crippen LogP contribution in [0.25, 0.3) is 0 Å². The van der Waals surface area contributed by atoms with Crippen molar-refractivity contribution in [3.63, 3.8) is 0 Å². The van der Waals surface area contributed by atoms with Crippen LogP contribution >= 0.6 is 0 Å². The minimum Gasteiger partial charge on any atom is -0.494 e. The van der Waals surface area contributed by atoms with E-state index in [1.807, 2.05) is 29.2 Å². The van der Waals surface area contributed by atoms with E-state index in [-0.39, 0.29) is 5.91 Å². The first-order valence-electron chi connectivity index (χ1n) is 11.5. The SMILES string of the molecule is O=C1CCCN1CCCOc1ccc(CNC[C@@]2(O)CCCN(c3cnccn3)C2)cc1. The van der Waals surface area contributed by atoms with E-state index in [1.54, 1.807) is 18.6 Å². The van der Waals surface area contributed by atoms with Crippen LogP contribution in [0.5, 0.6) is 5.75 Å². The number of carbonyl (C=O) groups is 1. The summed E-state index contributed by atoms with van der Waals surface area (Å²) >= 11 is 0. The number of nitrogens with zero attached hydrogens (tertiary/aromatic N) is 4. The standard InChI is InChI=1S/C24H33N5O3/c30-23-4-1-12-28(23)14-3-15-32-21-7-5-20(6-8-21)16-26-18-24(31)9-2-13-29(19-24)22-17-25-10-11-27-22/h5-8,10-11,17,26,31H,1-4,9,12-16,18-19H2/t24-/m0/s1. The van der Waals surface area contributed by atoms with Gasteiger partial charge in [0, 0.05) is 58.1 Å². The summed E-state index contributed by atoms with van der Waals surface area (Å²) in [5.41, 5.74) is 0.362. The van der Waals surface area contributed by atoms with E-state index in [1.165, 1.54) is 0 Å². The van der Waals surface area contributed by atoms with E-state index in [2.05, 4.69) is 20.2 Å². The van der Waals surface area contributed by atoms with Crippen molar-refractivity contribution >= 4 is 11.7 Å². The van der Waals surface area contributed by atoms with Gasteiger partial charge < -0.3 is 25.0 Å². The highest BCUT2D eigenvalue weighted by atomic mass is 16.5. The monoisotopic (exact) mass is 439 g/mol. The quantitative estimate of drug-likeness (QED) is 0.547. The van der Waals surface area contributed by atoms with Crippen molar-refractivity contribution in [2.45, 2.75) is 44.2 Å². The molecule has 0 aliphatic carbocycles. The van der Waals surface area contributed by atoms with Gasteiger partial charge in [0.15, 0.2) is 0 Å². The molecule has 0 radical (unpaired) electrons. The predicted octanol–water partition coefficient (Wildman–Crippen LogP) is 1.99. The van der Waals surface area contributed by atoms with Crippen molar-refractivity contribution in [3.8, 4) is 5.75 Å². The molecule has 2 aliphatic heterocycles. The summed E-state index contributed by atoms with van der Waals surface area (Å²) in [5.74, 6) is 1.92. The number of benzene rings is 1. The lowest BCUT2D eigenvalue weighted by Gasteiger charge is -2.39. The number of aromatic nitrogens is 2. The summed E-state index contributed by atoms with van der Waals surface area (Å²) in [6, 6.07) is 8.04. The van der Waals surface area contributed by atoms with Crippen LogP contribution in [0.4, 0.5) is 5.82 Å². The van der Waals surface area contributed by atoms with Crippen LogP contribution in [0.3, 0.4) is 0 Å². The van der Waals surface area contributed by atoms with Gasteiger partial charge in [-0.05, 0) is 43.4 Å². The molecule has 2 fully saturated rings. The smallest absolute Gasteiger partial charge is 0.222 e. The Morgan fingerprint density at radius 3 is 2.78 bits per heavy atom. The molecule has 4 rings (SSSR count). The highest BCUT2D eigenvalue weighted by Gasteiger charge is 2.33. The van der Waals surface area contributed by atoms with Crippen molar-refractivity contribution in [3.05, 3.63) is 48.4 Å². The molecule has 8 nitrogen and oxygen atoms in total. The van der Waals surface area contributed by atoms with Crippen molar-refractivity contribution in [2.75, 3.05) is 44.2 Å². The van der Waals surface area contributed by atoms with Gasteiger partial charge in [0.1, 0.15) is 11.6 Å².